The van der Waals surface area contributed by atoms with E-state index in [-0.39, 0.29) is 36.3 Å². The maximum atomic E-state index is 12.7. The van der Waals surface area contributed by atoms with Crippen LogP contribution in [-0.4, -0.2) is 43.8 Å². The van der Waals surface area contributed by atoms with Crippen LogP contribution in [0.3, 0.4) is 0 Å². The summed E-state index contributed by atoms with van der Waals surface area (Å²) in [5.41, 5.74) is 3.80. The van der Waals surface area contributed by atoms with Gasteiger partial charge in [0.2, 0.25) is 5.91 Å². The van der Waals surface area contributed by atoms with Crippen molar-refractivity contribution in [1.29, 1.82) is 0 Å². The number of carbonyl (C=O) groups excluding carboxylic acids is 1. The van der Waals surface area contributed by atoms with E-state index in [0.29, 0.717) is 23.2 Å². The van der Waals surface area contributed by atoms with Crippen LogP contribution in [0.15, 0.2) is 62.4 Å². The van der Waals surface area contributed by atoms with E-state index in [1.807, 2.05) is 43.3 Å². The van der Waals surface area contributed by atoms with Gasteiger partial charge in [-0.2, -0.15) is 0 Å². The van der Waals surface area contributed by atoms with Gasteiger partial charge in [0.25, 0.3) is 0 Å². The van der Waals surface area contributed by atoms with Gasteiger partial charge in [0.15, 0.2) is 9.84 Å². The number of carbonyl (C=O) groups is 1. The van der Waals surface area contributed by atoms with Gasteiger partial charge in [0.1, 0.15) is 11.2 Å². The zero-order valence-electron chi connectivity index (χ0n) is 19.0. The standard InChI is InChI=1S/C26H25NO6S/c1-16-19(8-9-25(28)27(2)18-10-11-34(30,31)15-18)26(29)33-24-13-23-21(12-20(16)24)22(14-32-23)17-6-4-3-5-7-17/h3-7,12-14,18H,8-11,15H2,1-2H3. The molecule has 1 fully saturated rings. The molecule has 2 aromatic heterocycles. The summed E-state index contributed by atoms with van der Waals surface area (Å²) >= 11 is 0. The monoisotopic (exact) mass is 479 g/mol. The predicted octanol–water partition coefficient (Wildman–Crippen LogP) is 4.09. The van der Waals surface area contributed by atoms with Crippen LogP contribution in [0.2, 0.25) is 0 Å². The summed E-state index contributed by atoms with van der Waals surface area (Å²) in [5.74, 6) is -0.0786. The number of aryl methyl sites for hydroxylation is 1. The van der Waals surface area contributed by atoms with Gasteiger partial charge in [-0.25, -0.2) is 13.2 Å². The summed E-state index contributed by atoms with van der Waals surface area (Å²) in [5, 5.41) is 1.71. The van der Waals surface area contributed by atoms with Crippen molar-refractivity contribution in [3.8, 4) is 11.1 Å². The largest absolute Gasteiger partial charge is 0.464 e. The first kappa shape index (κ1) is 22.4. The number of fused-ring (bicyclic) bond motifs is 2. The third-order valence-electron chi connectivity index (χ3n) is 6.80. The van der Waals surface area contributed by atoms with Crippen molar-refractivity contribution < 1.29 is 22.0 Å². The Morgan fingerprint density at radius 2 is 1.88 bits per heavy atom. The van der Waals surface area contributed by atoms with Gasteiger partial charge in [0.05, 0.1) is 17.8 Å². The summed E-state index contributed by atoms with van der Waals surface area (Å²) in [7, 11) is -1.45. The number of hydrogen-bond acceptors (Lipinski definition) is 6. The van der Waals surface area contributed by atoms with E-state index in [4.69, 9.17) is 8.83 Å². The Morgan fingerprint density at radius 3 is 2.59 bits per heavy atom. The van der Waals surface area contributed by atoms with E-state index in [0.717, 1.165) is 27.5 Å². The summed E-state index contributed by atoms with van der Waals surface area (Å²) in [6.45, 7) is 1.86. The van der Waals surface area contributed by atoms with Gasteiger partial charge < -0.3 is 13.7 Å². The SMILES string of the molecule is Cc1c(CCC(=O)N(C)C2CCS(=O)(=O)C2)c(=O)oc2cc3occ(-c4ccccc4)c3cc12. The normalized spacial score (nSPS) is 17.4. The lowest BCUT2D eigenvalue weighted by molar-refractivity contribution is -0.131. The lowest BCUT2D eigenvalue weighted by atomic mass is 9.98. The van der Waals surface area contributed by atoms with Crippen LogP contribution in [0.4, 0.5) is 0 Å². The number of benzene rings is 2. The van der Waals surface area contributed by atoms with Crippen LogP contribution >= 0.6 is 0 Å². The number of nitrogens with zero attached hydrogens (tertiary/aromatic N) is 1. The van der Waals surface area contributed by atoms with Crippen LogP contribution in [-0.2, 0) is 21.1 Å². The maximum Gasteiger partial charge on any atom is 0.339 e. The summed E-state index contributed by atoms with van der Waals surface area (Å²) in [6, 6.07) is 13.3. The predicted molar refractivity (Wildman–Crippen MR) is 131 cm³/mol. The lowest BCUT2D eigenvalue weighted by Gasteiger charge is -2.23. The van der Waals surface area contributed by atoms with Crippen molar-refractivity contribution in [2.75, 3.05) is 18.6 Å². The third kappa shape index (κ3) is 4.03. The molecule has 0 bridgehead atoms. The van der Waals surface area contributed by atoms with E-state index < -0.39 is 15.5 Å². The van der Waals surface area contributed by atoms with Crippen molar-refractivity contribution in [2.45, 2.75) is 32.2 Å². The molecule has 2 aromatic carbocycles. The lowest BCUT2D eigenvalue weighted by Crippen LogP contribution is -2.38. The number of rotatable bonds is 5. The molecule has 1 atom stereocenters. The highest BCUT2D eigenvalue weighted by Gasteiger charge is 2.32. The van der Waals surface area contributed by atoms with Gasteiger partial charge in [-0.3, -0.25) is 4.79 Å². The highest BCUT2D eigenvalue weighted by Crippen LogP contribution is 2.34. The van der Waals surface area contributed by atoms with Crippen molar-refractivity contribution in [3.63, 3.8) is 0 Å². The number of hydrogen-bond donors (Lipinski definition) is 0. The summed E-state index contributed by atoms with van der Waals surface area (Å²) in [6.07, 6.45) is 2.48. The molecule has 0 saturated carbocycles. The molecule has 1 saturated heterocycles. The molecule has 8 heteroatoms. The Kier molecular flexibility index (Phi) is 5.56. The molecule has 7 nitrogen and oxygen atoms in total. The van der Waals surface area contributed by atoms with Crippen molar-refractivity contribution in [1.82, 2.24) is 4.90 Å². The molecule has 1 unspecified atom stereocenters. The van der Waals surface area contributed by atoms with Gasteiger partial charge >= 0.3 is 5.63 Å². The van der Waals surface area contributed by atoms with E-state index in [1.165, 1.54) is 4.90 Å². The average Bonchev–Trinajstić information content (AvgIpc) is 3.40. The van der Waals surface area contributed by atoms with Crippen molar-refractivity contribution >= 4 is 37.7 Å². The Hall–Kier alpha value is -3.39. The highest BCUT2D eigenvalue weighted by molar-refractivity contribution is 7.91. The molecule has 0 spiro atoms. The Morgan fingerprint density at radius 1 is 1.12 bits per heavy atom. The van der Waals surface area contributed by atoms with Crippen LogP contribution in [0.25, 0.3) is 33.1 Å². The molecule has 34 heavy (non-hydrogen) atoms. The van der Waals surface area contributed by atoms with E-state index in [2.05, 4.69) is 0 Å². The zero-order valence-corrected chi connectivity index (χ0v) is 19.9. The fourth-order valence-electron chi connectivity index (χ4n) is 4.73. The Balaban J connectivity index is 1.45. The molecule has 0 radical (unpaired) electrons. The fraction of sp³-hybridized carbons (Fsp3) is 0.308. The van der Waals surface area contributed by atoms with E-state index >= 15 is 0 Å². The molecule has 176 valence electrons. The molecule has 0 N–H and O–H groups in total. The number of sulfone groups is 1. The minimum absolute atomic E-state index is 0.00315. The van der Waals surface area contributed by atoms with E-state index in [9.17, 15) is 18.0 Å². The molecule has 1 amide bonds. The van der Waals surface area contributed by atoms with Gasteiger partial charge in [-0.15, -0.1) is 0 Å². The second-order valence-corrected chi connectivity index (χ2v) is 11.1. The summed E-state index contributed by atoms with van der Waals surface area (Å²) < 4.78 is 34.8. The molecule has 5 rings (SSSR count). The van der Waals surface area contributed by atoms with E-state index in [1.54, 1.807) is 19.4 Å². The van der Waals surface area contributed by atoms with Crippen molar-refractivity contribution in [3.05, 3.63) is 70.3 Å². The van der Waals surface area contributed by atoms with Crippen LogP contribution in [0.1, 0.15) is 24.0 Å². The molecular weight excluding hydrogens is 454 g/mol. The number of furan rings is 1. The van der Waals surface area contributed by atoms with Crippen LogP contribution in [0, 0.1) is 6.92 Å². The second-order valence-electron chi connectivity index (χ2n) is 8.91. The molecule has 4 aromatic rings. The molecule has 1 aliphatic heterocycles. The molecule has 1 aliphatic rings. The van der Waals surface area contributed by atoms with Gasteiger partial charge in [-0.05, 0) is 37.0 Å². The first-order valence-corrected chi connectivity index (χ1v) is 13.0. The highest BCUT2D eigenvalue weighted by atomic mass is 32.2. The quantitative estimate of drug-likeness (QED) is 0.400. The number of amides is 1. The Bertz CT molecular complexity index is 1570. The topological polar surface area (TPSA) is 97.8 Å². The summed E-state index contributed by atoms with van der Waals surface area (Å²) in [4.78, 5) is 27.0. The fourth-order valence-corrected chi connectivity index (χ4v) is 6.51. The first-order chi connectivity index (χ1) is 16.2. The smallest absolute Gasteiger partial charge is 0.339 e. The third-order valence-corrected chi connectivity index (χ3v) is 8.55. The Labute approximate surface area is 196 Å². The second kappa shape index (κ2) is 8.43. The van der Waals surface area contributed by atoms with Crippen molar-refractivity contribution in [2.24, 2.45) is 0 Å². The average molecular weight is 480 g/mol. The zero-order chi connectivity index (χ0) is 24.0. The minimum Gasteiger partial charge on any atom is -0.464 e. The molecular formula is C26H25NO6S. The minimum atomic E-state index is -3.08. The van der Waals surface area contributed by atoms with Gasteiger partial charge in [0, 0.05) is 47.5 Å². The van der Waals surface area contributed by atoms with Crippen LogP contribution < -0.4 is 5.63 Å². The maximum absolute atomic E-state index is 12.7. The first-order valence-electron chi connectivity index (χ1n) is 11.2. The molecule has 3 heterocycles. The van der Waals surface area contributed by atoms with Crippen LogP contribution in [0.5, 0.6) is 0 Å². The molecule has 0 aliphatic carbocycles. The van der Waals surface area contributed by atoms with Gasteiger partial charge in [-0.1, -0.05) is 30.3 Å².